The minimum Gasteiger partial charge on any atom is -0.415 e. The maximum absolute atomic E-state index is 5.34. The lowest BCUT2D eigenvalue weighted by atomic mass is 10.5. The second-order valence-corrected chi connectivity index (χ2v) is 3.82. The molecule has 2 radical (unpaired) electrons. The number of allylic oxidation sites excluding steroid dienone is 1. The van der Waals surface area contributed by atoms with E-state index in [4.69, 9.17) is 9.16 Å². The maximum atomic E-state index is 5.34. The topological polar surface area (TPSA) is 18.5 Å². The zero-order chi connectivity index (χ0) is 9.23. The van der Waals surface area contributed by atoms with Crippen molar-refractivity contribution in [2.75, 3.05) is 13.2 Å². The molecule has 0 spiro atoms. The van der Waals surface area contributed by atoms with Gasteiger partial charge in [-0.1, -0.05) is 6.08 Å². The Hall–Kier alpha value is -0.123. The largest absolute Gasteiger partial charge is 0.415 e. The Morgan fingerprint density at radius 3 is 2.75 bits per heavy atom. The van der Waals surface area contributed by atoms with E-state index >= 15 is 0 Å². The van der Waals surface area contributed by atoms with Gasteiger partial charge in [0.05, 0.1) is 19.3 Å². The van der Waals surface area contributed by atoms with E-state index < -0.39 is 0 Å². The third-order valence-electron chi connectivity index (χ3n) is 1.19. The Balaban J connectivity index is 2.86. The fraction of sp³-hybridized carbons (Fsp3) is 0.778. The summed E-state index contributed by atoms with van der Waals surface area (Å²) in [5.74, 6) is 0. The third-order valence-corrected chi connectivity index (χ3v) is 2.09. The third kappa shape index (κ3) is 9.88. The van der Waals surface area contributed by atoms with Crippen LogP contribution < -0.4 is 0 Å². The summed E-state index contributed by atoms with van der Waals surface area (Å²) in [5, 5.41) is 0. The predicted molar refractivity (Wildman–Crippen MR) is 52.4 cm³/mol. The summed E-state index contributed by atoms with van der Waals surface area (Å²) in [7, 11) is 0.591. The molecule has 0 aromatic carbocycles. The van der Waals surface area contributed by atoms with Crippen molar-refractivity contribution in [1.82, 2.24) is 0 Å². The van der Waals surface area contributed by atoms with E-state index in [1.54, 1.807) is 0 Å². The maximum Gasteiger partial charge on any atom is 0.230 e. The van der Waals surface area contributed by atoms with E-state index in [1.165, 1.54) is 0 Å². The van der Waals surface area contributed by atoms with Crippen LogP contribution >= 0.6 is 0 Å². The highest BCUT2D eigenvalue weighted by Gasteiger charge is 1.93. The summed E-state index contributed by atoms with van der Waals surface area (Å²) in [6.07, 6.45) is 3.27. The van der Waals surface area contributed by atoms with Crippen molar-refractivity contribution in [3.05, 3.63) is 12.7 Å². The summed E-state index contributed by atoms with van der Waals surface area (Å²) >= 11 is 0. The van der Waals surface area contributed by atoms with Crippen molar-refractivity contribution in [2.24, 2.45) is 0 Å². The molecule has 0 aromatic heterocycles. The van der Waals surface area contributed by atoms with E-state index in [0.717, 1.165) is 12.5 Å². The smallest absolute Gasteiger partial charge is 0.230 e. The standard InChI is InChI=1S/C9H18O2Si/c1-4-5-8-12-11-7-6-10-9(2)3/h4,9H,1,5-8H2,2-3H3. The molecule has 0 rings (SSSR count). The van der Waals surface area contributed by atoms with Gasteiger partial charge in [-0.05, 0) is 26.3 Å². The number of hydrogen-bond donors (Lipinski definition) is 0. The molecule has 0 bridgehead atoms. The van der Waals surface area contributed by atoms with Gasteiger partial charge in [0.2, 0.25) is 9.76 Å². The van der Waals surface area contributed by atoms with E-state index in [1.807, 2.05) is 19.9 Å². The SMILES string of the molecule is C=CCC[Si]OCCOC(C)C. The molecule has 0 atom stereocenters. The van der Waals surface area contributed by atoms with Crippen molar-refractivity contribution in [3.63, 3.8) is 0 Å². The zero-order valence-electron chi connectivity index (χ0n) is 8.01. The highest BCUT2D eigenvalue weighted by molar-refractivity contribution is 6.27. The van der Waals surface area contributed by atoms with Crippen LogP contribution in [0.2, 0.25) is 6.04 Å². The molecule has 70 valence electrons. The first-order chi connectivity index (χ1) is 5.77. The molecule has 12 heavy (non-hydrogen) atoms. The molecule has 2 nitrogen and oxygen atoms in total. The lowest BCUT2D eigenvalue weighted by Gasteiger charge is -2.06. The number of rotatable bonds is 8. The summed E-state index contributed by atoms with van der Waals surface area (Å²) < 4.78 is 10.6. The van der Waals surface area contributed by atoms with Crippen LogP contribution in [0.25, 0.3) is 0 Å². The average Bonchev–Trinajstić information content (AvgIpc) is 2.02. The minimum atomic E-state index is 0.310. The molecule has 3 heteroatoms. The zero-order valence-corrected chi connectivity index (χ0v) is 9.01. The Kier molecular flexibility index (Phi) is 8.88. The first kappa shape index (κ1) is 11.9. The van der Waals surface area contributed by atoms with Crippen LogP contribution in [0.3, 0.4) is 0 Å². The molecular formula is C9H18O2Si. The summed E-state index contributed by atoms with van der Waals surface area (Å²) in [4.78, 5) is 0. The van der Waals surface area contributed by atoms with Gasteiger partial charge in [0, 0.05) is 0 Å². The molecule has 0 aromatic rings. The molecule has 0 unspecified atom stereocenters. The van der Waals surface area contributed by atoms with Gasteiger partial charge in [0.1, 0.15) is 0 Å². The van der Waals surface area contributed by atoms with Crippen molar-refractivity contribution in [3.8, 4) is 0 Å². The molecule has 0 aliphatic carbocycles. The summed E-state index contributed by atoms with van der Waals surface area (Å²) in [6, 6.07) is 1.09. The first-order valence-electron chi connectivity index (χ1n) is 4.34. The van der Waals surface area contributed by atoms with Crippen LogP contribution in [0.15, 0.2) is 12.7 Å². The quantitative estimate of drug-likeness (QED) is 0.328. The number of hydrogen-bond acceptors (Lipinski definition) is 2. The van der Waals surface area contributed by atoms with Gasteiger partial charge in [-0.2, -0.15) is 0 Å². The monoisotopic (exact) mass is 186 g/mol. The number of ether oxygens (including phenoxy) is 1. The van der Waals surface area contributed by atoms with Crippen molar-refractivity contribution < 1.29 is 9.16 Å². The molecule has 0 amide bonds. The average molecular weight is 186 g/mol. The van der Waals surface area contributed by atoms with E-state index in [9.17, 15) is 0 Å². The molecule has 0 N–H and O–H groups in total. The highest BCUT2D eigenvalue weighted by atomic mass is 28.2. The van der Waals surface area contributed by atoms with Crippen LogP contribution in [-0.4, -0.2) is 29.1 Å². The van der Waals surface area contributed by atoms with Crippen LogP contribution in [0.4, 0.5) is 0 Å². The lowest BCUT2D eigenvalue weighted by Crippen LogP contribution is -2.11. The fourth-order valence-electron chi connectivity index (χ4n) is 0.631. The summed E-state index contributed by atoms with van der Waals surface area (Å²) in [6.45, 7) is 9.12. The van der Waals surface area contributed by atoms with Gasteiger partial charge in [-0.25, -0.2) is 0 Å². The van der Waals surface area contributed by atoms with Crippen molar-refractivity contribution in [1.29, 1.82) is 0 Å². The van der Waals surface area contributed by atoms with Crippen LogP contribution in [0, 0.1) is 0 Å². The fourth-order valence-corrected chi connectivity index (χ4v) is 1.32. The molecule has 0 heterocycles. The molecule has 0 saturated heterocycles. The van der Waals surface area contributed by atoms with E-state index in [0.29, 0.717) is 29.1 Å². The molecule has 0 saturated carbocycles. The van der Waals surface area contributed by atoms with Gasteiger partial charge in [-0.15, -0.1) is 6.58 Å². The van der Waals surface area contributed by atoms with Crippen molar-refractivity contribution in [2.45, 2.75) is 32.4 Å². The van der Waals surface area contributed by atoms with Crippen LogP contribution in [-0.2, 0) is 9.16 Å². The predicted octanol–water partition coefficient (Wildman–Crippen LogP) is 2.04. The lowest BCUT2D eigenvalue weighted by molar-refractivity contribution is 0.0560. The Morgan fingerprint density at radius 1 is 1.42 bits per heavy atom. The Morgan fingerprint density at radius 2 is 2.17 bits per heavy atom. The van der Waals surface area contributed by atoms with E-state index in [-0.39, 0.29) is 0 Å². The second-order valence-electron chi connectivity index (χ2n) is 2.74. The molecule has 0 fully saturated rings. The van der Waals surface area contributed by atoms with E-state index in [2.05, 4.69) is 6.58 Å². The second kappa shape index (κ2) is 8.97. The van der Waals surface area contributed by atoms with Gasteiger partial charge in [-0.3, -0.25) is 0 Å². The first-order valence-corrected chi connectivity index (χ1v) is 5.46. The molecular weight excluding hydrogens is 168 g/mol. The molecule has 0 aliphatic heterocycles. The van der Waals surface area contributed by atoms with Crippen LogP contribution in [0.1, 0.15) is 20.3 Å². The van der Waals surface area contributed by atoms with Gasteiger partial charge in [0.25, 0.3) is 0 Å². The van der Waals surface area contributed by atoms with Gasteiger partial charge < -0.3 is 9.16 Å². The van der Waals surface area contributed by atoms with Gasteiger partial charge in [0.15, 0.2) is 0 Å². The van der Waals surface area contributed by atoms with Gasteiger partial charge >= 0.3 is 0 Å². The van der Waals surface area contributed by atoms with Crippen LogP contribution in [0.5, 0.6) is 0 Å². The normalized spacial score (nSPS) is 10.6. The Bertz CT molecular complexity index is 105. The Labute approximate surface area is 77.9 Å². The highest BCUT2D eigenvalue weighted by Crippen LogP contribution is 1.90. The minimum absolute atomic E-state index is 0.310. The summed E-state index contributed by atoms with van der Waals surface area (Å²) in [5.41, 5.74) is 0. The van der Waals surface area contributed by atoms with Crippen molar-refractivity contribution >= 4 is 9.76 Å². The molecule has 0 aliphatic rings.